The minimum atomic E-state index is -0.252. The lowest BCUT2D eigenvalue weighted by molar-refractivity contribution is 0.0943. The van der Waals surface area contributed by atoms with Crippen LogP contribution >= 0.6 is 0 Å². The van der Waals surface area contributed by atoms with E-state index in [-0.39, 0.29) is 17.5 Å². The Balaban J connectivity index is 1.95. The molecule has 0 spiro atoms. The second-order valence-corrected chi connectivity index (χ2v) is 9.12. The molecule has 4 aromatic rings. The average Bonchev–Trinajstić information content (AvgIpc) is 3.25. The van der Waals surface area contributed by atoms with Gasteiger partial charge in [-0.25, -0.2) is 14.6 Å². The maximum Gasteiger partial charge on any atom is 0.251 e. The van der Waals surface area contributed by atoms with Gasteiger partial charge in [0.1, 0.15) is 17.8 Å². The number of hydrogen-bond acceptors (Lipinski definition) is 5. The molecule has 3 aromatic heterocycles. The van der Waals surface area contributed by atoms with E-state index in [9.17, 15) is 4.79 Å². The first-order valence-electron chi connectivity index (χ1n) is 10.5. The van der Waals surface area contributed by atoms with Gasteiger partial charge in [-0.2, -0.15) is 5.10 Å². The van der Waals surface area contributed by atoms with Crippen molar-refractivity contribution in [2.24, 2.45) is 0 Å². The van der Waals surface area contributed by atoms with Crippen LogP contribution in [0.5, 0.6) is 0 Å². The summed E-state index contributed by atoms with van der Waals surface area (Å²) in [5.74, 6) is 0.643. The van der Waals surface area contributed by atoms with E-state index in [4.69, 9.17) is 5.10 Å². The molecule has 1 amide bonds. The second-order valence-electron chi connectivity index (χ2n) is 9.12. The van der Waals surface area contributed by atoms with Gasteiger partial charge in [0, 0.05) is 29.6 Å². The van der Waals surface area contributed by atoms with Crippen LogP contribution in [0.15, 0.2) is 24.5 Å². The lowest BCUT2D eigenvalue weighted by Gasteiger charge is -2.19. The predicted octanol–water partition coefficient (Wildman–Crippen LogP) is 4.22. The van der Waals surface area contributed by atoms with Gasteiger partial charge in [0.15, 0.2) is 5.65 Å². The summed E-state index contributed by atoms with van der Waals surface area (Å²) in [6.07, 6.45) is 1.56. The molecular formula is C23H29N7O. The molecule has 162 valence electrons. The van der Waals surface area contributed by atoms with Crippen molar-refractivity contribution in [1.82, 2.24) is 30.0 Å². The molecule has 8 nitrogen and oxygen atoms in total. The van der Waals surface area contributed by atoms with E-state index in [0.29, 0.717) is 5.56 Å². The average molecular weight is 420 g/mol. The number of benzene rings is 1. The number of nitrogens with one attached hydrogen (secondary N) is 3. The van der Waals surface area contributed by atoms with Crippen LogP contribution in [-0.4, -0.2) is 43.7 Å². The molecule has 1 aromatic carbocycles. The molecule has 0 saturated carbocycles. The minimum absolute atomic E-state index is 0.0804. The normalized spacial score (nSPS) is 12.1. The summed E-state index contributed by atoms with van der Waals surface area (Å²) < 4.78 is 1.94. The van der Waals surface area contributed by atoms with Crippen molar-refractivity contribution in [3.8, 4) is 11.4 Å². The highest BCUT2D eigenvalue weighted by Crippen LogP contribution is 2.37. The van der Waals surface area contributed by atoms with Crippen LogP contribution in [0.25, 0.3) is 33.3 Å². The van der Waals surface area contributed by atoms with Gasteiger partial charge in [0.2, 0.25) is 0 Å². The topological polar surface area (TPSA) is 101 Å². The summed E-state index contributed by atoms with van der Waals surface area (Å²) in [4.78, 5) is 24.9. The lowest BCUT2D eigenvalue weighted by atomic mass is 10.1. The molecule has 0 saturated heterocycles. The first-order chi connectivity index (χ1) is 14.6. The van der Waals surface area contributed by atoms with Crippen LogP contribution in [-0.2, 0) is 5.54 Å². The second kappa shape index (κ2) is 7.37. The van der Waals surface area contributed by atoms with Crippen LogP contribution in [0.3, 0.4) is 0 Å². The minimum Gasteiger partial charge on any atom is -0.372 e. The fraction of sp³-hybridized carbons (Fsp3) is 0.391. The number of nitrogens with zero attached hydrogens (tertiary/aromatic N) is 4. The summed E-state index contributed by atoms with van der Waals surface area (Å²) in [7, 11) is 1.84. The van der Waals surface area contributed by atoms with E-state index >= 15 is 0 Å². The largest absolute Gasteiger partial charge is 0.372 e. The molecule has 0 atom stereocenters. The molecule has 0 bridgehead atoms. The van der Waals surface area contributed by atoms with Gasteiger partial charge in [-0.15, -0.1) is 0 Å². The number of hydrogen-bond donors (Lipinski definition) is 3. The highest BCUT2D eigenvalue weighted by Gasteiger charge is 2.26. The summed E-state index contributed by atoms with van der Waals surface area (Å²) in [5.41, 5.74) is 4.79. The van der Waals surface area contributed by atoms with Gasteiger partial charge < -0.3 is 15.6 Å². The maximum atomic E-state index is 12.5. The van der Waals surface area contributed by atoms with Crippen molar-refractivity contribution < 1.29 is 4.79 Å². The highest BCUT2D eigenvalue weighted by molar-refractivity contribution is 6.04. The summed E-state index contributed by atoms with van der Waals surface area (Å²) in [6.45, 7) is 12.3. The number of aromatic amines is 1. The van der Waals surface area contributed by atoms with Crippen molar-refractivity contribution in [2.45, 2.75) is 53.1 Å². The zero-order valence-corrected chi connectivity index (χ0v) is 19.1. The molecule has 0 aliphatic rings. The molecule has 3 N–H and O–H groups in total. The number of fused-ring (bicyclic) bond motifs is 2. The van der Waals surface area contributed by atoms with Crippen molar-refractivity contribution >= 4 is 33.7 Å². The molecule has 0 aliphatic carbocycles. The van der Waals surface area contributed by atoms with Gasteiger partial charge in [-0.3, -0.25) is 4.79 Å². The molecule has 0 unspecified atom stereocenters. The Morgan fingerprint density at radius 1 is 1.19 bits per heavy atom. The van der Waals surface area contributed by atoms with E-state index in [2.05, 4.69) is 53.3 Å². The van der Waals surface area contributed by atoms with Crippen LogP contribution in [0.4, 0.5) is 5.82 Å². The number of aromatic nitrogens is 5. The smallest absolute Gasteiger partial charge is 0.251 e. The monoisotopic (exact) mass is 419 g/mol. The molecule has 8 heteroatoms. The van der Waals surface area contributed by atoms with Crippen molar-refractivity contribution in [2.75, 3.05) is 12.4 Å². The first-order valence-corrected chi connectivity index (χ1v) is 10.5. The number of anilines is 1. The third kappa shape index (κ3) is 3.52. The number of amides is 1. The number of carbonyl (C=O) groups excluding carboxylic acids is 1. The SMILES string of the molecule is CNc1ncnc2c1c(-c1[nH]c3cc(C(=O)NC(C)C)ccc3c1C)nn2C(C)(C)C. The summed E-state index contributed by atoms with van der Waals surface area (Å²) in [6, 6.07) is 5.82. The Kier molecular flexibility index (Phi) is 4.95. The first kappa shape index (κ1) is 20.8. The van der Waals surface area contributed by atoms with Gasteiger partial charge in [0.05, 0.1) is 16.6 Å². The van der Waals surface area contributed by atoms with Crippen LogP contribution in [0, 0.1) is 6.92 Å². The van der Waals surface area contributed by atoms with Gasteiger partial charge in [-0.05, 0) is 59.2 Å². The Morgan fingerprint density at radius 3 is 2.58 bits per heavy atom. The van der Waals surface area contributed by atoms with Crippen molar-refractivity contribution in [3.63, 3.8) is 0 Å². The number of aryl methyl sites for hydroxylation is 1. The van der Waals surface area contributed by atoms with E-state index < -0.39 is 0 Å². The van der Waals surface area contributed by atoms with Gasteiger partial charge in [-0.1, -0.05) is 6.07 Å². The number of carbonyl (C=O) groups is 1. The van der Waals surface area contributed by atoms with Crippen LogP contribution in [0.1, 0.15) is 50.5 Å². The van der Waals surface area contributed by atoms with Gasteiger partial charge >= 0.3 is 0 Å². The number of rotatable bonds is 4. The summed E-state index contributed by atoms with van der Waals surface area (Å²) in [5, 5.41) is 13.0. The fourth-order valence-corrected chi connectivity index (χ4v) is 3.85. The molecule has 4 rings (SSSR count). The third-order valence-corrected chi connectivity index (χ3v) is 5.31. The lowest BCUT2D eigenvalue weighted by Crippen LogP contribution is -2.29. The van der Waals surface area contributed by atoms with E-state index in [0.717, 1.165) is 44.7 Å². The molecule has 0 aliphatic heterocycles. The highest BCUT2D eigenvalue weighted by atomic mass is 16.1. The Morgan fingerprint density at radius 2 is 1.94 bits per heavy atom. The quantitative estimate of drug-likeness (QED) is 0.460. The van der Waals surface area contributed by atoms with Crippen LogP contribution in [0.2, 0.25) is 0 Å². The Labute approximate surface area is 181 Å². The third-order valence-electron chi connectivity index (χ3n) is 5.31. The molecular weight excluding hydrogens is 390 g/mol. The molecule has 31 heavy (non-hydrogen) atoms. The fourth-order valence-electron chi connectivity index (χ4n) is 3.85. The zero-order chi connectivity index (χ0) is 22.5. The van der Waals surface area contributed by atoms with Crippen molar-refractivity contribution in [3.05, 3.63) is 35.7 Å². The molecule has 0 radical (unpaired) electrons. The van der Waals surface area contributed by atoms with Crippen LogP contribution < -0.4 is 10.6 Å². The summed E-state index contributed by atoms with van der Waals surface area (Å²) >= 11 is 0. The number of H-pyrrole nitrogens is 1. The van der Waals surface area contributed by atoms with Gasteiger partial charge in [0.25, 0.3) is 5.91 Å². The van der Waals surface area contributed by atoms with Crippen molar-refractivity contribution in [1.29, 1.82) is 0 Å². The predicted molar refractivity (Wildman–Crippen MR) is 124 cm³/mol. The van der Waals surface area contributed by atoms with E-state index in [1.54, 1.807) is 6.33 Å². The maximum absolute atomic E-state index is 12.5. The Hall–Kier alpha value is -3.42. The molecule has 3 heterocycles. The Bertz CT molecular complexity index is 1290. The zero-order valence-electron chi connectivity index (χ0n) is 19.1. The molecule has 0 fully saturated rings. The van der Waals surface area contributed by atoms with E-state index in [1.807, 2.05) is 43.8 Å². The van der Waals surface area contributed by atoms with E-state index in [1.165, 1.54) is 0 Å². The standard InChI is InChI=1S/C23H29N7O/c1-12(2)27-22(31)14-8-9-15-13(3)18(28-16(15)10-14)19-17-20(24-7)25-11-26-21(17)30(29-19)23(4,5)6/h8-12,28H,1-7H3,(H,27,31)(H,24,25,26).